The van der Waals surface area contributed by atoms with Crippen LogP contribution in [0.25, 0.3) is 0 Å². The summed E-state index contributed by atoms with van der Waals surface area (Å²) in [4.78, 5) is 26.1. The van der Waals surface area contributed by atoms with E-state index in [1.165, 1.54) is 4.31 Å². The molecule has 2 aliphatic heterocycles. The van der Waals surface area contributed by atoms with Crippen molar-refractivity contribution in [3.8, 4) is 0 Å². The van der Waals surface area contributed by atoms with Crippen LogP contribution >= 0.6 is 0 Å². The van der Waals surface area contributed by atoms with Crippen molar-refractivity contribution in [2.45, 2.75) is 24.2 Å². The maximum absolute atomic E-state index is 12.7. The summed E-state index contributed by atoms with van der Waals surface area (Å²) in [6.07, 6.45) is 3.04. The van der Waals surface area contributed by atoms with Crippen LogP contribution in [0.3, 0.4) is 0 Å². The van der Waals surface area contributed by atoms with E-state index in [4.69, 9.17) is 0 Å². The standard InChI is InChI=1S/C17H23N3O4S/c21-14-18-10-12-20(13-11-18)25(23,24)16-5-3-15(4-6-16)7-9-19-8-1-2-17(19)22/h3-6,14H,1-2,7-13H2. The number of carbonyl (C=O) groups is 2. The lowest BCUT2D eigenvalue weighted by molar-refractivity contribution is -0.127. The first-order valence-corrected chi connectivity index (χ1v) is 10.0. The molecule has 3 rings (SSSR count). The largest absolute Gasteiger partial charge is 0.343 e. The molecule has 2 saturated heterocycles. The summed E-state index contributed by atoms with van der Waals surface area (Å²) in [5.41, 5.74) is 1.02. The van der Waals surface area contributed by atoms with Gasteiger partial charge in [-0.05, 0) is 30.5 Å². The van der Waals surface area contributed by atoms with Crippen molar-refractivity contribution in [3.05, 3.63) is 29.8 Å². The molecule has 2 aliphatic rings. The zero-order valence-corrected chi connectivity index (χ0v) is 15.0. The van der Waals surface area contributed by atoms with Crippen molar-refractivity contribution in [3.63, 3.8) is 0 Å². The average molecular weight is 365 g/mol. The Morgan fingerprint density at radius 2 is 1.68 bits per heavy atom. The maximum Gasteiger partial charge on any atom is 0.243 e. The summed E-state index contributed by atoms with van der Waals surface area (Å²) < 4.78 is 26.8. The normalized spacial score (nSPS) is 19.4. The molecule has 8 heteroatoms. The molecule has 0 unspecified atom stereocenters. The fourth-order valence-corrected chi connectivity index (χ4v) is 4.65. The molecule has 7 nitrogen and oxygen atoms in total. The number of hydrogen-bond acceptors (Lipinski definition) is 4. The van der Waals surface area contributed by atoms with Gasteiger partial charge in [-0.25, -0.2) is 8.42 Å². The molecule has 136 valence electrons. The number of likely N-dealkylation sites (tertiary alicyclic amines) is 1. The number of rotatable bonds is 6. The van der Waals surface area contributed by atoms with Crippen LogP contribution in [0.2, 0.25) is 0 Å². The lowest BCUT2D eigenvalue weighted by Gasteiger charge is -2.31. The second kappa shape index (κ2) is 7.53. The number of sulfonamides is 1. The van der Waals surface area contributed by atoms with Crippen molar-refractivity contribution >= 4 is 22.3 Å². The third kappa shape index (κ3) is 4.01. The van der Waals surface area contributed by atoms with Crippen molar-refractivity contribution in [1.82, 2.24) is 14.1 Å². The Hall–Kier alpha value is -1.93. The molecule has 2 fully saturated rings. The molecule has 2 amide bonds. The molecule has 0 saturated carbocycles. The van der Waals surface area contributed by atoms with Crippen LogP contribution in [-0.2, 0) is 26.0 Å². The minimum Gasteiger partial charge on any atom is -0.343 e. The molecular formula is C17H23N3O4S. The first-order valence-electron chi connectivity index (χ1n) is 8.57. The van der Waals surface area contributed by atoms with Crippen molar-refractivity contribution in [2.24, 2.45) is 0 Å². The lowest BCUT2D eigenvalue weighted by atomic mass is 10.1. The van der Waals surface area contributed by atoms with Crippen molar-refractivity contribution < 1.29 is 18.0 Å². The maximum atomic E-state index is 12.7. The zero-order chi connectivity index (χ0) is 17.9. The molecule has 0 spiro atoms. The molecule has 0 atom stereocenters. The zero-order valence-electron chi connectivity index (χ0n) is 14.1. The van der Waals surface area contributed by atoms with Gasteiger partial charge in [-0.15, -0.1) is 0 Å². The van der Waals surface area contributed by atoms with Gasteiger partial charge in [-0.2, -0.15) is 4.31 Å². The topological polar surface area (TPSA) is 78.0 Å². The van der Waals surface area contributed by atoms with Crippen LogP contribution in [-0.4, -0.2) is 74.1 Å². The SMILES string of the molecule is O=CN1CCN(S(=O)(=O)c2ccc(CCN3CCCC3=O)cc2)CC1. The van der Waals surface area contributed by atoms with Crippen LogP contribution in [0.15, 0.2) is 29.2 Å². The van der Waals surface area contributed by atoms with E-state index in [2.05, 4.69) is 0 Å². The van der Waals surface area contributed by atoms with Gasteiger partial charge in [0.05, 0.1) is 4.90 Å². The van der Waals surface area contributed by atoms with Gasteiger partial charge >= 0.3 is 0 Å². The summed E-state index contributed by atoms with van der Waals surface area (Å²) >= 11 is 0. The van der Waals surface area contributed by atoms with E-state index in [0.717, 1.165) is 31.4 Å². The summed E-state index contributed by atoms with van der Waals surface area (Å²) in [6.45, 7) is 2.98. The predicted molar refractivity (Wildman–Crippen MR) is 92.4 cm³/mol. The van der Waals surface area contributed by atoms with Gasteiger partial charge in [0.25, 0.3) is 0 Å². The van der Waals surface area contributed by atoms with Gasteiger partial charge in [0.1, 0.15) is 0 Å². The molecule has 0 N–H and O–H groups in total. The van der Waals surface area contributed by atoms with E-state index in [1.807, 2.05) is 17.0 Å². The van der Waals surface area contributed by atoms with Gasteiger partial charge < -0.3 is 9.80 Å². The first-order chi connectivity index (χ1) is 12.0. The van der Waals surface area contributed by atoms with Gasteiger partial charge in [-0.3, -0.25) is 9.59 Å². The molecule has 1 aromatic rings. The highest BCUT2D eigenvalue weighted by Gasteiger charge is 2.28. The van der Waals surface area contributed by atoms with Gasteiger partial charge in [-0.1, -0.05) is 12.1 Å². The smallest absolute Gasteiger partial charge is 0.243 e. The lowest BCUT2D eigenvalue weighted by Crippen LogP contribution is -2.47. The Bertz CT molecular complexity index is 725. The summed E-state index contributed by atoms with van der Waals surface area (Å²) in [5.74, 6) is 0.202. The van der Waals surface area contributed by atoms with Crippen LogP contribution in [0.1, 0.15) is 18.4 Å². The fourth-order valence-electron chi connectivity index (χ4n) is 3.23. The molecule has 0 aromatic heterocycles. The fraction of sp³-hybridized carbons (Fsp3) is 0.529. The Kier molecular flexibility index (Phi) is 5.39. The van der Waals surface area contributed by atoms with E-state index in [1.54, 1.807) is 17.0 Å². The number of nitrogens with zero attached hydrogens (tertiary/aromatic N) is 3. The molecule has 25 heavy (non-hydrogen) atoms. The Morgan fingerprint density at radius 1 is 1.00 bits per heavy atom. The Balaban J connectivity index is 1.61. The highest BCUT2D eigenvalue weighted by molar-refractivity contribution is 7.89. The highest BCUT2D eigenvalue weighted by atomic mass is 32.2. The van der Waals surface area contributed by atoms with Crippen LogP contribution in [0.5, 0.6) is 0 Å². The molecular weight excluding hydrogens is 342 g/mol. The summed E-state index contributed by atoms with van der Waals surface area (Å²) in [6, 6.07) is 6.88. The first kappa shape index (κ1) is 17.9. The van der Waals surface area contributed by atoms with Crippen LogP contribution in [0.4, 0.5) is 0 Å². The minimum atomic E-state index is -3.52. The third-order valence-electron chi connectivity index (χ3n) is 4.83. The quantitative estimate of drug-likeness (QED) is 0.680. The van der Waals surface area contributed by atoms with E-state index in [0.29, 0.717) is 39.1 Å². The van der Waals surface area contributed by atoms with Crippen molar-refractivity contribution in [2.75, 3.05) is 39.3 Å². The number of piperazine rings is 1. The highest BCUT2D eigenvalue weighted by Crippen LogP contribution is 2.19. The van der Waals surface area contributed by atoms with E-state index in [9.17, 15) is 18.0 Å². The molecule has 2 heterocycles. The average Bonchev–Trinajstić information content (AvgIpc) is 3.05. The number of carbonyl (C=O) groups excluding carboxylic acids is 2. The number of amides is 2. The van der Waals surface area contributed by atoms with Gasteiger partial charge in [0.2, 0.25) is 22.3 Å². The molecule has 0 aliphatic carbocycles. The number of benzene rings is 1. The Labute approximate surface area is 148 Å². The third-order valence-corrected chi connectivity index (χ3v) is 6.74. The second-order valence-electron chi connectivity index (χ2n) is 6.42. The summed E-state index contributed by atoms with van der Waals surface area (Å²) in [5, 5.41) is 0. The predicted octanol–water partition coefficient (Wildman–Crippen LogP) is 0.314. The second-order valence-corrected chi connectivity index (χ2v) is 8.36. The Morgan fingerprint density at radius 3 is 2.24 bits per heavy atom. The monoisotopic (exact) mass is 365 g/mol. The van der Waals surface area contributed by atoms with E-state index < -0.39 is 10.0 Å². The molecule has 0 radical (unpaired) electrons. The van der Waals surface area contributed by atoms with E-state index in [-0.39, 0.29) is 10.8 Å². The minimum absolute atomic E-state index is 0.202. The van der Waals surface area contributed by atoms with Gasteiger partial charge in [0, 0.05) is 45.7 Å². The van der Waals surface area contributed by atoms with E-state index >= 15 is 0 Å². The summed E-state index contributed by atoms with van der Waals surface area (Å²) in [7, 11) is -3.52. The van der Waals surface area contributed by atoms with Gasteiger partial charge in [0.15, 0.2) is 0 Å². The van der Waals surface area contributed by atoms with Crippen LogP contribution < -0.4 is 0 Å². The van der Waals surface area contributed by atoms with Crippen LogP contribution in [0, 0.1) is 0 Å². The molecule has 0 bridgehead atoms. The number of hydrogen-bond donors (Lipinski definition) is 0. The molecule has 1 aromatic carbocycles. The van der Waals surface area contributed by atoms with Crippen molar-refractivity contribution in [1.29, 1.82) is 0 Å².